The van der Waals surface area contributed by atoms with Gasteiger partial charge in [0.15, 0.2) is 0 Å². The summed E-state index contributed by atoms with van der Waals surface area (Å²) in [6.45, 7) is 2.79. The largest absolute Gasteiger partial charge is 0.496 e. The number of carbonyl (C=O) groups is 1. The lowest BCUT2D eigenvalue weighted by atomic mass is 9.85. The summed E-state index contributed by atoms with van der Waals surface area (Å²) in [6.07, 6.45) is 5.07. The average molecular weight is 491 g/mol. The van der Waals surface area contributed by atoms with Crippen LogP contribution in [0.5, 0.6) is 5.75 Å². The predicted molar refractivity (Wildman–Crippen MR) is 123 cm³/mol. The Morgan fingerprint density at radius 3 is 2.65 bits per heavy atom. The maximum absolute atomic E-state index is 13.1. The molecule has 0 aromatic heterocycles. The third-order valence-corrected chi connectivity index (χ3v) is 6.06. The van der Waals surface area contributed by atoms with Gasteiger partial charge in [0, 0.05) is 48.7 Å². The van der Waals surface area contributed by atoms with Gasteiger partial charge in [-0.1, -0.05) is 28.1 Å². The number of halogens is 2. The number of methoxy groups -OCH3 is 1. The van der Waals surface area contributed by atoms with Gasteiger partial charge in [0.05, 0.1) is 12.7 Å². The molecule has 1 heterocycles. The molecule has 1 fully saturated rings. The highest BCUT2D eigenvalue weighted by Gasteiger charge is 2.32. The second-order valence-electron chi connectivity index (χ2n) is 7.88. The minimum Gasteiger partial charge on any atom is -0.496 e. The predicted octanol–water partition coefficient (Wildman–Crippen LogP) is 3.80. The fourth-order valence-electron chi connectivity index (χ4n) is 3.75. The summed E-state index contributed by atoms with van der Waals surface area (Å²) in [7, 11) is 1.60. The van der Waals surface area contributed by atoms with Crippen LogP contribution in [0.2, 0.25) is 0 Å². The molecule has 2 N–H and O–H groups in total. The summed E-state index contributed by atoms with van der Waals surface area (Å²) >= 11 is 3.42. The second kappa shape index (κ2) is 10.9. The highest BCUT2D eigenvalue weighted by atomic mass is 79.9. The number of piperidine rings is 1. The smallest absolute Gasteiger partial charge is 0.244 e. The van der Waals surface area contributed by atoms with Gasteiger partial charge in [-0.3, -0.25) is 4.79 Å². The molecule has 1 amide bonds. The molecule has 1 aliphatic heterocycles. The van der Waals surface area contributed by atoms with E-state index in [1.54, 1.807) is 25.3 Å². The van der Waals surface area contributed by atoms with Crippen LogP contribution in [0.25, 0.3) is 6.08 Å². The first kappa shape index (κ1) is 23.4. The van der Waals surface area contributed by atoms with Crippen LogP contribution in [-0.2, 0) is 11.2 Å². The SMILES string of the molecule is COc1ccc(Br)cc1C=CC(=O)NCCN1CCC(O)(Cc2ccc(F)cc2)CC1. The molecule has 2 aromatic carbocycles. The van der Waals surface area contributed by atoms with Crippen LogP contribution < -0.4 is 10.1 Å². The van der Waals surface area contributed by atoms with Gasteiger partial charge in [-0.05, 0) is 54.8 Å². The van der Waals surface area contributed by atoms with E-state index in [0.717, 1.165) is 35.2 Å². The molecule has 0 unspecified atom stereocenters. The number of hydrogen-bond donors (Lipinski definition) is 2. The van der Waals surface area contributed by atoms with Crippen molar-refractivity contribution in [3.8, 4) is 5.75 Å². The van der Waals surface area contributed by atoms with E-state index in [-0.39, 0.29) is 11.7 Å². The number of hydrogen-bond acceptors (Lipinski definition) is 4. The summed E-state index contributed by atoms with van der Waals surface area (Å²) in [5.74, 6) is 0.277. The van der Waals surface area contributed by atoms with Gasteiger partial charge in [-0.25, -0.2) is 4.39 Å². The van der Waals surface area contributed by atoms with Crippen molar-refractivity contribution in [2.45, 2.75) is 24.9 Å². The number of nitrogens with zero attached hydrogens (tertiary/aromatic N) is 1. The Kier molecular flexibility index (Phi) is 8.23. The molecule has 0 bridgehead atoms. The summed E-state index contributed by atoms with van der Waals surface area (Å²) < 4.78 is 19.3. The van der Waals surface area contributed by atoms with Crippen molar-refractivity contribution < 1.29 is 19.0 Å². The topological polar surface area (TPSA) is 61.8 Å². The molecule has 1 saturated heterocycles. The molecular formula is C24H28BrFN2O3. The van der Waals surface area contributed by atoms with E-state index >= 15 is 0 Å². The van der Waals surface area contributed by atoms with Crippen molar-refractivity contribution in [3.63, 3.8) is 0 Å². The van der Waals surface area contributed by atoms with Gasteiger partial charge >= 0.3 is 0 Å². The standard InChI is InChI=1S/C24H28BrFN2O3/c1-31-22-8-5-20(25)16-19(22)4-9-23(29)27-12-15-28-13-10-24(30,11-14-28)17-18-2-6-21(26)7-3-18/h2-9,16,30H,10-15,17H2,1H3,(H,27,29). The normalized spacial score (nSPS) is 16.4. The molecular weight excluding hydrogens is 463 g/mol. The Morgan fingerprint density at radius 1 is 1.26 bits per heavy atom. The summed E-state index contributed by atoms with van der Waals surface area (Å²) in [5, 5.41) is 13.8. The average Bonchev–Trinajstić information content (AvgIpc) is 2.75. The zero-order valence-electron chi connectivity index (χ0n) is 17.6. The molecule has 0 aliphatic carbocycles. The Labute approximate surface area is 191 Å². The number of likely N-dealkylation sites (tertiary alicyclic amines) is 1. The lowest BCUT2D eigenvalue weighted by molar-refractivity contribution is -0.116. The fourth-order valence-corrected chi connectivity index (χ4v) is 4.13. The van der Waals surface area contributed by atoms with E-state index in [9.17, 15) is 14.3 Å². The molecule has 1 aliphatic rings. The van der Waals surface area contributed by atoms with Crippen LogP contribution in [0.4, 0.5) is 4.39 Å². The van der Waals surface area contributed by atoms with E-state index < -0.39 is 5.60 Å². The van der Waals surface area contributed by atoms with Crippen LogP contribution in [0.1, 0.15) is 24.0 Å². The molecule has 166 valence electrons. The first-order valence-electron chi connectivity index (χ1n) is 10.4. The lowest BCUT2D eigenvalue weighted by Crippen LogP contribution is -2.47. The monoisotopic (exact) mass is 490 g/mol. The summed E-state index contributed by atoms with van der Waals surface area (Å²) in [6, 6.07) is 11.9. The van der Waals surface area contributed by atoms with E-state index in [1.165, 1.54) is 18.2 Å². The Hall–Kier alpha value is -2.22. The van der Waals surface area contributed by atoms with Gasteiger partial charge in [-0.2, -0.15) is 0 Å². The van der Waals surface area contributed by atoms with Crippen molar-refractivity contribution >= 4 is 27.9 Å². The van der Waals surface area contributed by atoms with Crippen LogP contribution in [-0.4, -0.2) is 54.8 Å². The summed E-state index contributed by atoms with van der Waals surface area (Å²) in [5.41, 5.74) is 1.01. The Morgan fingerprint density at radius 2 is 1.97 bits per heavy atom. The third-order valence-electron chi connectivity index (χ3n) is 5.57. The zero-order valence-corrected chi connectivity index (χ0v) is 19.2. The number of ether oxygens (including phenoxy) is 1. The number of nitrogens with one attached hydrogen (secondary N) is 1. The van der Waals surface area contributed by atoms with E-state index in [0.29, 0.717) is 31.6 Å². The Bertz CT molecular complexity index is 910. The van der Waals surface area contributed by atoms with Crippen LogP contribution in [0.15, 0.2) is 53.0 Å². The number of rotatable bonds is 8. The minimum atomic E-state index is -0.761. The first-order valence-corrected chi connectivity index (χ1v) is 11.1. The van der Waals surface area contributed by atoms with Crippen molar-refractivity contribution in [2.24, 2.45) is 0 Å². The van der Waals surface area contributed by atoms with Crippen LogP contribution in [0.3, 0.4) is 0 Å². The molecule has 31 heavy (non-hydrogen) atoms. The molecule has 0 atom stereocenters. The maximum atomic E-state index is 13.1. The van der Waals surface area contributed by atoms with E-state index in [1.807, 2.05) is 18.2 Å². The maximum Gasteiger partial charge on any atom is 0.244 e. The molecule has 3 rings (SSSR count). The second-order valence-corrected chi connectivity index (χ2v) is 8.80. The highest BCUT2D eigenvalue weighted by Crippen LogP contribution is 2.26. The van der Waals surface area contributed by atoms with Gasteiger partial charge in [0.25, 0.3) is 0 Å². The minimum absolute atomic E-state index is 0.160. The Balaban J connectivity index is 1.40. The molecule has 7 heteroatoms. The van der Waals surface area contributed by atoms with Gasteiger partial charge in [-0.15, -0.1) is 0 Å². The van der Waals surface area contributed by atoms with E-state index in [2.05, 4.69) is 26.1 Å². The van der Waals surface area contributed by atoms with Crippen molar-refractivity contribution in [3.05, 3.63) is 70.0 Å². The first-order chi connectivity index (χ1) is 14.9. The lowest BCUT2D eigenvalue weighted by Gasteiger charge is -2.38. The van der Waals surface area contributed by atoms with Crippen LogP contribution >= 0.6 is 15.9 Å². The molecule has 0 spiro atoms. The number of benzene rings is 2. The van der Waals surface area contributed by atoms with Crippen LogP contribution in [0, 0.1) is 5.82 Å². The number of aliphatic hydroxyl groups is 1. The van der Waals surface area contributed by atoms with Gasteiger partial charge in [0.2, 0.25) is 5.91 Å². The van der Waals surface area contributed by atoms with Crippen molar-refractivity contribution in [1.82, 2.24) is 10.2 Å². The molecule has 0 radical (unpaired) electrons. The summed E-state index contributed by atoms with van der Waals surface area (Å²) in [4.78, 5) is 14.4. The zero-order chi connectivity index (χ0) is 22.3. The number of carbonyl (C=O) groups excluding carboxylic acids is 1. The van der Waals surface area contributed by atoms with Gasteiger partial charge in [0.1, 0.15) is 11.6 Å². The molecule has 5 nitrogen and oxygen atoms in total. The highest BCUT2D eigenvalue weighted by molar-refractivity contribution is 9.10. The molecule has 0 saturated carbocycles. The van der Waals surface area contributed by atoms with Crippen molar-refractivity contribution in [1.29, 1.82) is 0 Å². The molecule has 2 aromatic rings. The third kappa shape index (κ3) is 7.16. The van der Waals surface area contributed by atoms with Crippen molar-refractivity contribution in [2.75, 3.05) is 33.3 Å². The van der Waals surface area contributed by atoms with Gasteiger partial charge < -0.3 is 20.1 Å². The number of amides is 1. The van der Waals surface area contributed by atoms with E-state index in [4.69, 9.17) is 4.74 Å². The quantitative estimate of drug-likeness (QED) is 0.552. The fraction of sp³-hybridized carbons (Fsp3) is 0.375.